The van der Waals surface area contributed by atoms with Gasteiger partial charge < -0.3 is 20.4 Å². The lowest BCUT2D eigenvalue weighted by Gasteiger charge is -2.31. The van der Waals surface area contributed by atoms with Crippen LogP contribution in [0.4, 0.5) is 5.69 Å². The molecule has 0 aromatic heterocycles. The molecular weight excluding hydrogens is 326 g/mol. The molecule has 2 N–H and O–H groups in total. The molecule has 0 bridgehead atoms. The molecule has 1 aromatic rings. The summed E-state index contributed by atoms with van der Waals surface area (Å²) in [5, 5.41) is 6.73. The molecule has 0 spiro atoms. The fourth-order valence-electron chi connectivity index (χ4n) is 3.62. The summed E-state index contributed by atoms with van der Waals surface area (Å²) in [6, 6.07) is 10.3. The van der Waals surface area contributed by atoms with E-state index < -0.39 is 0 Å². The van der Waals surface area contributed by atoms with Crippen LogP contribution in [0, 0.1) is 5.41 Å². The molecule has 0 aliphatic heterocycles. The number of benzene rings is 1. The van der Waals surface area contributed by atoms with Gasteiger partial charge in [0.05, 0.1) is 5.41 Å². The van der Waals surface area contributed by atoms with Crippen LogP contribution in [0.25, 0.3) is 0 Å². The monoisotopic (exact) mass is 359 g/mol. The second-order valence-electron chi connectivity index (χ2n) is 7.30. The number of carbonyl (C=O) groups excluding carboxylic acids is 1. The highest BCUT2D eigenvalue weighted by Gasteiger charge is 2.42. The first-order valence-corrected chi connectivity index (χ1v) is 9.41. The van der Waals surface area contributed by atoms with Crippen LogP contribution in [0.5, 0.6) is 0 Å². The molecule has 2 rings (SSSR count). The van der Waals surface area contributed by atoms with E-state index in [1.54, 1.807) is 11.9 Å². The lowest BCUT2D eigenvalue weighted by molar-refractivity contribution is -0.138. The number of likely N-dealkylation sites (N-methyl/N-ethyl adjacent to an activating group) is 1. The van der Waals surface area contributed by atoms with Crippen molar-refractivity contribution in [2.24, 2.45) is 10.4 Å². The first-order valence-electron chi connectivity index (χ1n) is 9.41. The molecule has 0 radical (unpaired) electrons. The van der Waals surface area contributed by atoms with Crippen LogP contribution in [-0.2, 0) is 4.79 Å². The van der Waals surface area contributed by atoms with Crippen molar-refractivity contribution in [1.29, 1.82) is 0 Å². The van der Waals surface area contributed by atoms with Gasteiger partial charge in [-0.3, -0.25) is 9.79 Å². The van der Waals surface area contributed by atoms with E-state index in [4.69, 9.17) is 0 Å². The van der Waals surface area contributed by atoms with E-state index in [-0.39, 0.29) is 11.3 Å². The van der Waals surface area contributed by atoms with E-state index in [9.17, 15) is 4.79 Å². The van der Waals surface area contributed by atoms with Gasteiger partial charge in [0.1, 0.15) is 0 Å². The third-order valence-corrected chi connectivity index (χ3v) is 5.17. The van der Waals surface area contributed by atoms with Gasteiger partial charge in [0, 0.05) is 53.5 Å². The number of nitrogens with zero attached hydrogens (tertiary/aromatic N) is 3. The SMILES string of the molecule is CN=C(NCCN(C)c1ccccc1)NCC1(C(=O)N(C)C)CCCC1. The van der Waals surface area contributed by atoms with Gasteiger partial charge in [-0.05, 0) is 25.0 Å². The standard InChI is InChI=1S/C20H33N5O/c1-21-19(22-14-15-25(4)17-10-6-5-7-11-17)23-16-20(12-8-9-13-20)18(26)24(2)3/h5-7,10-11H,8-9,12-16H2,1-4H3,(H2,21,22,23). The third-order valence-electron chi connectivity index (χ3n) is 5.17. The Morgan fingerprint density at radius 1 is 1.12 bits per heavy atom. The maximum atomic E-state index is 12.6. The van der Waals surface area contributed by atoms with Crippen molar-refractivity contribution >= 4 is 17.6 Å². The third kappa shape index (κ3) is 5.13. The second-order valence-corrected chi connectivity index (χ2v) is 7.30. The summed E-state index contributed by atoms with van der Waals surface area (Å²) in [7, 11) is 7.53. The van der Waals surface area contributed by atoms with Crippen LogP contribution in [0.15, 0.2) is 35.3 Å². The number of aliphatic imine (C=N–C) groups is 1. The van der Waals surface area contributed by atoms with E-state index in [1.807, 2.05) is 32.3 Å². The Morgan fingerprint density at radius 2 is 1.77 bits per heavy atom. The van der Waals surface area contributed by atoms with E-state index in [0.29, 0.717) is 6.54 Å². The highest BCUT2D eigenvalue weighted by atomic mass is 16.2. The maximum absolute atomic E-state index is 12.6. The Labute approximate surface area is 157 Å². The molecule has 1 amide bonds. The number of guanidine groups is 1. The summed E-state index contributed by atoms with van der Waals surface area (Å²) in [5.74, 6) is 0.978. The highest BCUT2D eigenvalue weighted by molar-refractivity contribution is 5.85. The number of carbonyl (C=O) groups is 1. The Morgan fingerprint density at radius 3 is 2.35 bits per heavy atom. The lowest BCUT2D eigenvalue weighted by atomic mass is 9.84. The first-order chi connectivity index (χ1) is 12.5. The molecule has 0 atom stereocenters. The fraction of sp³-hybridized carbons (Fsp3) is 0.600. The number of para-hydroxylation sites is 1. The van der Waals surface area contributed by atoms with Gasteiger partial charge in [-0.15, -0.1) is 0 Å². The Kier molecular flexibility index (Phi) is 7.30. The molecule has 6 nitrogen and oxygen atoms in total. The number of nitrogens with one attached hydrogen (secondary N) is 2. The zero-order valence-electron chi connectivity index (χ0n) is 16.6. The summed E-state index contributed by atoms with van der Waals surface area (Å²) in [6.45, 7) is 2.28. The van der Waals surface area contributed by atoms with Crippen LogP contribution in [-0.4, -0.2) is 64.6 Å². The maximum Gasteiger partial charge on any atom is 0.230 e. The van der Waals surface area contributed by atoms with Crippen molar-refractivity contribution < 1.29 is 4.79 Å². The molecule has 1 aliphatic carbocycles. The van der Waals surface area contributed by atoms with Gasteiger partial charge in [0.15, 0.2) is 5.96 Å². The van der Waals surface area contributed by atoms with Gasteiger partial charge >= 0.3 is 0 Å². The molecule has 1 aromatic carbocycles. The van der Waals surface area contributed by atoms with Crippen LogP contribution >= 0.6 is 0 Å². The Bertz CT molecular complexity index is 593. The first kappa shape index (κ1) is 20.1. The van der Waals surface area contributed by atoms with Gasteiger partial charge in [-0.2, -0.15) is 0 Å². The summed E-state index contributed by atoms with van der Waals surface area (Å²) in [5.41, 5.74) is 0.904. The smallest absolute Gasteiger partial charge is 0.230 e. The molecule has 144 valence electrons. The van der Waals surface area contributed by atoms with Crippen LogP contribution < -0.4 is 15.5 Å². The predicted molar refractivity (Wildman–Crippen MR) is 109 cm³/mol. The quantitative estimate of drug-likeness (QED) is 0.577. The van der Waals surface area contributed by atoms with E-state index in [1.165, 1.54) is 5.69 Å². The topological polar surface area (TPSA) is 60.0 Å². The molecule has 26 heavy (non-hydrogen) atoms. The van der Waals surface area contributed by atoms with Crippen molar-refractivity contribution in [3.05, 3.63) is 30.3 Å². The second kappa shape index (κ2) is 9.46. The number of anilines is 1. The number of hydrogen-bond acceptors (Lipinski definition) is 3. The van der Waals surface area contributed by atoms with E-state index in [2.05, 4.69) is 39.7 Å². The average Bonchev–Trinajstić information content (AvgIpc) is 3.14. The van der Waals surface area contributed by atoms with Gasteiger partial charge in [-0.25, -0.2) is 0 Å². The minimum absolute atomic E-state index is 0.224. The average molecular weight is 360 g/mol. The zero-order valence-corrected chi connectivity index (χ0v) is 16.6. The van der Waals surface area contributed by atoms with Gasteiger partial charge in [0.25, 0.3) is 0 Å². The minimum Gasteiger partial charge on any atom is -0.373 e. The van der Waals surface area contributed by atoms with Crippen molar-refractivity contribution in [3.63, 3.8) is 0 Å². The highest BCUT2D eigenvalue weighted by Crippen LogP contribution is 2.38. The summed E-state index contributed by atoms with van der Waals surface area (Å²) >= 11 is 0. The van der Waals surface area contributed by atoms with Crippen LogP contribution in [0.3, 0.4) is 0 Å². The largest absolute Gasteiger partial charge is 0.373 e. The van der Waals surface area contributed by atoms with E-state index in [0.717, 1.165) is 44.7 Å². The molecule has 6 heteroatoms. The molecule has 0 unspecified atom stereocenters. The summed E-state index contributed by atoms with van der Waals surface area (Å²) in [4.78, 5) is 20.9. The number of amides is 1. The summed E-state index contributed by atoms with van der Waals surface area (Å²) in [6.07, 6.45) is 4.14. The molecule has 1 saturated carbocycles. The molecule has 1 aliphatic rings. The van der Waals surface area contributed by atoms with Crippen molar-refractivity contribution in [2.45, 2.75) is 25.7 Å². The Balaban J connectivity index is 1.82. The predicted octanol–water partition coefficient (Wildman–Crippen LogP) is 1.94. The summed E-state index contributed by atoms with van der Waals surface area (Å²) < 4.78 is 0. The molecule has 0 saturated heterocycles. The van der Waals surface area contributed by atoms with Crippen molar-refractivity contribution in [1.82, 2.24) is 15.5 Å². The molecular formula is C20H33N5O. The van der Waals surface area contributed by atoms with E-state index >= 15 is 0 Å². The number of hydrogen-bond donors (Lipinski definition) is 2. The Hall–Kier alpha value is -2.24. The van der Waals surface area contributed by atoms with Crippen molar-refractivity contribution in [2.75, 3.05) is 52.7 Å². The molecule has 1 fully saturated rings. The van der Waals surface area contributed by atoms with Crippen molar-refractivity contribution in [3.8, 4) is 0 Å². The van der Waals surface area contributed by atoms with Crippen LogP contribution in [0.2, 0.25) is 0 Å². The van der Waals surface area contributed by atoms with Gasteiger partial charge in [0.2, 0.25) is 5.91 Å². The normalized spacial score (nSPS) is 16.2. The lowest BCUT2D eigenvalue weighted by Crippen LogP contribution is -2.49. The zero-order chi connectivity index (χ0) is 19.0. The minimum atomic E-state index is -0.290. The fourth-order valence-corrected chi connectivity index (χ4v) is 3.62. The number of rotatable bonds is 7. The van der Waals surface area contributed by atoms with Crippen LogP contribution in [0.1, 0.15) is 25.7 Å². The van der Waals surface area contributed by atoms with Gasteiger partial charge in [-0.1, -0.05) is 31.0 Å². The molecule has 0 heterocycles.